The summed E-state index contributed by atoms with van der Waals surface area (Å²) >= 11 is 3.36. The SMILES string of the molecule is O=C(Nc1ccc(Br)cc1)c1ccc(-c2cc3ccccc3oc2=O)cc1. The Bertz CT molecular complexity index is 1180. The highest BCUT2D eigenvalue weighted by molar-refractivity contribution is 9.10. The molecule has 0 spiro atoms. The first-order chi connectivity index (χ1) is 13.1. The van der Waals surface area contributed by atoms with Gasteiger partial charge >= 0.3 is 5.63 Å². The van der Waals surface area contributed by atoms with Gasteiger partial charge in [0.25, 0.3) is 5.91 Å². The van der Waals surface area contributed by atoms with E-state index >= 15 is 0 Å². The first-order valence-corrected chi connectivity index (χ1v) is 9.10. The summed E-state index contributed by atoms with van der Waals surface area (Å²) in [4.78, 5) is 24.7. The van der Waals surface area contributed by atoms with Gasteiger partial charge in [-0.05, 0) is 54.1 Å². The number of amides is 1. The summed E-state index contributed by atoms with van der Waals surface area (Å²) in [7, 11) is 0. The fourth-order valence-electron chi connectivity index (χ4n) is 2.80. The maximum atomic E-state index is 12.4. The molecule has 4 rings (SSSR count). The van der Waals surface area contributed by atoms with Crippen molar-refractivity contribution in [2.75, 3.05) is 5.32 Å². The normalized spacial score (nSPS) is 10.7. The molecule has 1 amide bonds. The van der Waals surface area contributed by atoms with Crippen molar-refractivity contribution in [2.24, 2.45) is 0 Å². The fraction of sp³-hybridized carbons (Fsp3) is 0. The highest BCUT2D eigenvalue weighted by Crippen LogP contribution is 2.22. The van der Waals surface area contributed by atoms with Crippen LogP contribution in [0.5, 0.6) is 0 Å². The van der Waals surface area contributed by atoms with Gasteiger partial charge in [0.05, 0.1) is 5.56 Å². The zero-order chi connectivity index (χ0) is 18.8. The Hall–Kier alpha value is -3.18. The molecule has 0 bridgehead atoms. The Labute approximate surface area is 163 Å². The monoisotopic (exact) mass is 419 g/mol. The van der Waals surface area contributed by atoms with Crippen molar-refractivity contribution >= 4 is 38.5 Å². The lowest BCUT2D eigenvalue weighted by atomic mass is 10.0. The molecule has 1 aromatic heterocycles. The molecule has 4 nitrogen and oxygen atoms in total. The lowest BCUT2D eigenvalue weighted by molar-refractivity contribution is 0.102. The third-order valence-corrected chi connectivity index (χ3v) is 4.73. The summed E-state index contributed by atoms with van der Waals surface area (Å²) in [6.07, 6.45) is 0. The number of anilines is 1. The van der Waals surface area contributed by atoms with Crippen LogP contribution in [0.3, 0.4) is 0 Å². The van der Waals surface area contributed by atoms with Gasteiger partial charge in [0, 0.05) is 21.1 Å². The van der Waals surface area contributed by atoms with Crippen LogP contribution in [0.1, 0.15) is 10.4 Å². The van der Waals surface area contributed by atoms with Gasteiger partial charge in [0.2, 0.25) is 0 Å². The molecule has 0 saturated carbocycles. The average Bonchev–Trinajstić information content (AvgIpc) is 2.69. The number of benzene rings is 3. The molecular formula is C22H14BrNO3. The maximum absolute atomic E-state index is 12.4. The van der Waals surface area contributed by atoms with Crippen molar-refractivity contribution in [2.45, 2.75) is 0 Å². The van der Waals surface area contributed by atoms with E-state index < -0.39 is 5.63 Å². The van der Waals surface area contributed by atoms with Gasteiger partial charge in [0.15, 0.2) is 0 Å². The summed E-state index contributed by atoms with van der Waals surface area (Å²) in [5.41, 5.74) is 2.54. The molecule has 0 unspecified atom stereocenters. The van der Waals surface area contributed by atoms with Crippen molar-refractivity contribution in [1.29, 1.82) is 0 Å². The zero-order valence-corrected chi connectivity index (χ0v) is 15.7. The van der Waals surface area contributed by atoms with E-state index in [4.69, 9.17) is 4.42 Å². The number of fused-ring (bicyclic) bond motifs is 1. The van der Waals surface area contributed by atoms with Crippen LogP contribution in [0.25, 0.3) is 22.1 Å². The van der Waals surface area contributed by atoms with E-state index in [1.165, 1.54) is 0 Å². The largest absolute Gasteiger partial charge is 0.422 e. The van der Waals surface area contributed by atoms with Crippen molar-refractivity contribution < 1.29 is 9.21 Å². The molecule has 0 atom stereocenters. The second-order valence-corrected chi connectivity index (χ2v) is 6.94. The highest BCUT2D eigenvalue weighted by atomic mass is 79.9. The van der Waals surface area contributed by atoms with Crippen molar-refractivity contribution in [3.05, 3.63) is 99.3 Å². The molecule has 27 heavy (non-hydrogen) atoms. The first-order valence-electron chi connectivity index (χ1n) is 8.30. The minimum absolute atomic E-state index is 0.214. The average molecular weight is 420 g/mol. The number of carbonyl (C=O) groups excluding carboxylic acids is 1. The van der Waals surface area contributed by atoms with E-state index in [0.717, 1.165) is 9.86 Å². The molecule has 0 saturated heterocycles. The highest BCUT2D eigenvalue weighted by Gasteiger charge is 2.10. The van der Waals surface area contributed by atoms with Gasteiger partial charge in [-0.2, -0.15) is 0 Å². The molecule has 4 aromatic rings. The van der Waals surface area contributed by atoms with Gasteiger partial charge in [-0.3, -0.25) is 4.79 Å². The quantitative estimate of drug-likeness (QED) is 0.447. The second-order valence-electron chi connectivity index (χ2n) is 6.02. The summed E-state index contributed by atoms with van der Waals surface area (Å²) in [5.74, 6) is -0.214. The predicted octanol–water partition coefficient (Wildman–Crippen LogP) is 5.47. The molecule has 1 heterocycles. The number of halogens is 1. The number of hydrogen-bond donors (Lipinski definition) is 1. The molecule has 1 N–H and O–H groups in total. The van der Waals surface area contributed by atoms with Crippen molar-refractivity contribution in [1.82, 2.24) is 0 Å². The number of para-hydroxylation sites is 1. The van der Waals surface area contributed by atoms with E-state index in [2.05, 4.69) is 21.2 Å². The van der Waals surface area contributed by atoms with Crippen LogP contribution in [-0.4, -0.2) is 5.91 Å². The van der Waals surface area contributed by atoms with E-state index in [-0.39, 0.29) is 5.91 Å². The van der Waals surface area contributed by atoms with Gasteiger partial charge in [-0.25, -0.2) is 4.79 Å². The Morgan fingerprint density at radius 2 is 1.59 bits per heavy atom. The summed E-state index contributed by atoms with van der Waals surface area (Å²) < 4.78 is 6.32. The van der Waals surface area contributed by atoms with Crippen LogP contribution < -0.4 is 10.9 Å². The Kier molecular flexibility index (Phi) is 4.60. The van der Waals surface area contributed by atoms with Crippen LogP contribution in [0.2, 0.25) is 0 Å². The molecule has 132 valence electrons. The van der Waals surface area contributed by atoms with Gasteiger partial charge in [-0.15, -0.1) is 0 Å². The smallest absolute Gasteiger partial charge is 0.344 e. The second kappa shape index (κ2) is 7.21. The fourth-order valence-corrected chi connectivity index (χ4v) is 3.07. The van der Waals surface area contributed by atoms with Crippen LogP contribution in [0.4, 0.5) is 5.69 Å². The van der Waals surface area contributed by atoms with E-state index in [9.17, 15) is 9.59 Å². The van der Waals surface area contributed by atoms with Gasteiger partial charge < -0.3 is 9.73 Å². The van der Waals surface area contributed by atoms with E-state index in [1.807, 2.05) is 42.5 Å². The minimum atomic E-state index is -0.402. The lowest BCUT2D eigenvalue weighted by Gasteiger charge is -2.07. The summed E-state index contributed by atoms with van der Waals surface area (Å²) in [6.45, 7) is 0. The third-order valence-electron chi connectivity index (χ3n) is 4.20. The van der Waals surface area contributed by atoms with Gasteiger partial charge in [0.1, 0.15) is 5.58 Å². The van der Waals surface area contributed by atoms with Crippen LogP contribution >= 0.6 is 15.9 Å². The molecule has 0 aliphatic carbocycles. The van der Waals surface area contributed by atoms with E-state index in [1.54, 1.807) is 36.4 Å². The van der Waals surface area contributed by atoms with Crippen molar-refractivity contribution in [3.63, 3.8) is 0 Å². The molecule has 0 aliphatic heterocycles. The lowest BCUT2D eigenvalue weighted by Crippen LogP contribution is -2.11. The maximum Gasteiger partial charge on any atom is 0.344 e. The number of nitrogens with one attached hydrogen (secondary N) is 1. The Balaban J connectivity index is 1.60. The number of rotatable bonds is 3. The standard InChI is InChI=1S/C22H14BrNO3/c23-17-9-11-18(12-10-17)24-21(25)15-7-5-14(6-8-15)19-13-16-3-1-2-4-20(16)27-22(19)26/h1-13H,(H,24,25). The zero-order valence-electron chi connectivity index (χ0n) is 14.1. The van der Waals surface area contributed by atoms with Crippen LogP contribution in [-0.2, 0) is 0 Å². The molecule has 5 heteroatoms. The molecular weight excluding hydrogens is 406 g/mol. The number of hydrogen-bond acceptors (Lipinski definition) is 3. The summed E-state index contributed by atoms with van der Waals surface area (Å²) in [6, 6.07) is 23.4. The number of carbonyl (C=O) groups is 1. The Morgan fingerprint density at radius 3 is 2.33 bits per heavy atom. The Morgan fingerprint density at radius 1 is 0.889 bits per heavy atom. The van der Waals surface area contributed by atoms with Crippen molar-refractivity contribution in [3.8, 4) is 11.1 Å². The third kappa shape index (κ3) is 3.68. The van der Waals surface area contributed by atoms with Gasteiger partial charge in [-0.1, -0.05) is 46.3 Å². The molecule has 3 aromatic carbocycles. The topological polar surface area (TPSA) is 59.3 Å². The molecule has 0 fully saturated rings. The van der Waals surface area contributed by atoms with E-state index in [0.29, 0.717) is 28.0 Å². The first kappa shape index (κ1) is 17.2. The minimum Gasteiger partial charge on any atom is -0.422 e. The summed E-state index contributed by atoms with van der Waals surface area (Å²) in [5, 5.41) is 3.69. The van der Waals surface area contributed by atoms with Crippen LogP contribution in [0.15, 0.2) is 92.5 Å². The predicted molar refractivity (Wildman–Crippen MR) is 110 cm³/mol. The van der Waals surface area contributed by atoms with Crippen LogP contribution in [0, 0.1) is 0 Å². The molecule has 0 radical (unpaired) electrons. The molecule has 0 aliphatic rings.